The molecule has 3 rings (SSSR count). The number of fused-ring (bicyclic) bond motifs is 1. The van der Waals surface area contributed by atoms with Gasteiger partial charge in [0.1, 0.15) is 0 Å². The molecule has 0 radical (unpaired) electrons. The van der Waals surface area contributed by atoms with E-state index in [1.165, 1.54) is 0 Å². The first kappa shape index (κ1) is 12.8. The number of aliphatic hydroxyl groups excluding tert-OH is 1. The molecule has 0 aromatic heterocycles. The first-order valence-corrected chi connectivity index (χ1v) is 7.09. The zero-order valence-electron chi connectivity index (χ0n) is 11.1. The standard InChI is InChI=1S/C15H21NO3/c17-10-13(12-4-5-16-9-12)11-2-3-14-15(8-11)19-7-1-6-18-14/h2-3,8,12-13,16-17H,1,4-7,9-10H2. The maximum Gasteiger partial charge on any atom is 0.161 e. The third kappa shape index (κ3) is 2.69. The first-order chi connectivity index (χ1) is 9.38. The second-order valence-corrected chi connectivity index (χ2v) is 5.30. The molecule has 1 aromatic rings. The van der Waals surface area contributed by atoms with E-state index in [-0.39, 0.29) is 12.5 Å². The Morgan fingerprint density at radius 1 is 1.26 bits per heavy atom. The lowest BCUT2D eigenvalue weighted by molar-refractivity contribution is 0.230. The van der Waals surface area contributed by atoms with Crippen LogP contribution in [0.5, 0.6) is 11.5 Å². The van der Waals surface area contributed by atoms with Gasteiger partial charge in [0.05, 0.1) is 19.8 Å². The van der Waals surface area contributed by atoms with Crippen LogP contribution in [-0.2, 0) is 0 Å². The molecule has 1 saturated heterocycles. The van der Waals surface area contributed by atoms with Crippen LogP contribution in [0.25, 0.3) is 0 Å². The Labute approximate surface area is 113 Å². The van der Waals surface area contributed by atoms with Crippen LogP contribution in [0.1, 0.15) is 24.3 Å². The van der Waals surface area contributed by atoms with Crippen molar-refractivity contribution in [3.8, 4) is 11.5 Å². The minimum Gasteiger partial charge on any atom is -0.490 e. The van der Waals surface area contributed by atoms with Crippen molar-refractivity contribution in [1.29, 1.82) is 0 Å². The van der Waals surface area contributed by atoms with Crippen LogP contribution < -0.4 is 14.8 Å². The van der Waals surface area contributed by atoms with Gasteiger partial charge >= 0.3 is 0 Å². The second kappa shape index (κ2) is 5.80. The van der Waals surface area contributed by atoms with Gasteiger partial charge in [0.15, 0.2) is 11.5 Å². The zero-order valence-corrected chi connectivity index (χ0v) is 11.1. The molecule has 0 bridgehead atoms. The molecular weight excluding hydrogens is 242 g/mol. The molecule has 4 nitrogen and oxygen atoms in total. The number of hydrogen-bond donors (Lipinski definition) is 2. The molecule has 0 saturated carbocycles. The SMILES string of the molecule is OCC(c1ccc2c(c1)OCCCO2)C1CCNC1. The monoisotopic (exact) mass is 263 g/mol. The van der Waals surface area contributed by atoms with Crippen LogP contribution in [0, 0.1) is 5.92 Å². The van der Waals surface area contributed by atoms with E-state index in [0.29, 0.717) is 19.1 Å². The summed E-state index contributed by atoms with van der Waals surface area (Å²) >= 11 is 0. The minimum atomic E-state index is 0.186. The second-order valence-electron chi connectivity index (χ2n) is 5.30. The van der Waals surface area contributed by atoms with E-state index in [4.69, 9.17) is 9.47 Å². The van der Waals surface area contributed by atoms with E-state index in [0.717, 1.165) is 43.0 Å². The number of hydrogen-bond acceptors (Lipinski definition) is 4. The lowest BCUT2D eigenvalue weighted by atomic mass is 9.86. The van der Waals surface area contributed by atoms with Crippen molar-refractivity contribution < 1.29 is 14.6 Å². The van der Waals surface area contributed by atoms with Gasteiger partial charge in [-0.05, 0) is 43.1 Å². The molecule has 2 aliphatic heterocycles. The summed E-state index contributed by atoms with van der Waals surface area (Å²) in [4.78, 5) is 0. The van der Waals surface area contributed by atoms with Crippen LogP contribution >= 0.6 is 0 Å². The van der Waals surface area contributed by atoms with Crippen molar-refractivity contribution in [3.63, 3.8) is 0 Å². The molecule has 2 unspecified atom stereocenters. The molecule has 2 atom stereocenters. The Kier molecular flexibility index (Phi) is 3.89. The van der Waals surface area contributed by atoms with Crippen molar-refractivity contribution in [3.05, 3.63) is 23.8 Å². The quantitative estimate of drug-likeness (QED) is 0.868. The summed E-state index contributed by atoms with van der Waals surface area (Å²) < 4.78 is 11.4. The minimum absolute atomic E-state index is 0.186. The highest BCUT2D eigenvalue weighted by Crippen LogP contribution is 2.36. The molecule has 0 spiro atoms. The van der Waals surface area contributed by atoms with E-state index in [1.807, 2.05) is 12.1 Å². The normalized spacial score (nSPS) is 23.9. The molecule has 1 aromatic carbocycles. The van der Waals surface area contributed by atoms with Gasteiger partial charge < -0.3 is 19.9 Å². The fraction of sp³-hybridized carbons (Fsp3) is 0.600. The van der Waals surface area contributed by atoms with Crippen LogP contribution in [0.4, 0.5) is 0 Å². The van der Waals surface area contributed by atoms with Crippen LogP contribution in [0.3, 0.4) is 0 Å². The van der Waals surface area contributed by atoms with Crippen LogP contribution in [-0.4, -0.2) is 38.0 Å². The van der Waals surface area contributed by atoms with Crippen LogP contribution in [0.15, 0.2) is 18.2 Å². The highest BCUT2D eigenvalue weighted by atomic mass is 16.5. The van der Waals surface area contributed by atoms with Gasteiger partial charge in [-0.25, -0.2) is 0 Å². The smallest absolute Gasteiger partial charge is 0.161 e. The fourth-order valence-electron chi connectivity index (χ4n) is 2.96. The number of nitrogens with one attached hydrogen (secondary N) is 1. The average Bonchev–Trinajstić information content (AvgIpc) is 2.85. The summed E-state index contributed by atoms with van der Waals surface area (Å²) in [6.45, 7) is 3.63. The van der Waals surface area contributed by atoms with E-state index in [2.05, 4.69) is 11.4 Å². The third-order valence-electron chi connectivity index (χ3n) is 4.06. The number of ether oxygens (including phenoxy) is 2. The molecule has 1 fully saturated rings. The molecular formula is C15H21NO3. The molecule has 0 aliphatic carbocycles. The predicted molar refractivity (Wildman–Crippen MR) is 72.9 cm³/mol. The van der Waals surface area contributed by atoms with Crippen molar-refractivity contribution in [1.82, 2.24) is 5.32 Å². The molecule has 2 heterocycles. The van der Waals surface area contributed by atoms with Crippen molar-refractivity contribution >= 4 is 0 Å². The van der Waals surface area contributed by atoms with E-state index in [1.54, 1.807) is 0 Å². The number of aliphatic hydroxyl groups is 1. The highest BCUT2D eigenvalue weighted by Gasteiger charge is 2.26. The van der Waals surface area contributed by atoms with E-state index < -0.39 is 0 Å². The maximum absolute atomic E-state index is 9.70. The van der Waals surface area contributed by atoms with Crippen molar-refractivity contribution in [2.24, 2.45) is 5.92 Å². The lowest BCUT2D eigenvalue weighted by Crippen LogP contribution is -2.19. The molecule has 104 valence electrons. The highest BCUT2D eigenvalue weighted by molar-refractivity contribution is 5.44. The Bertz CT molecular complexity index is 429. The van der Waals surface area contributed by atoms with Gasteiger partial charge in [0.2, 0.25) is 0 Å². The fourth-order valence-corrected chi connectivity index (χ4v) is 2.96. The van der Waals surface area contributed by atoms with Gasteiger partial charge in [-0.3, -0.25) is 0 Å². The Morgan fingerprint density at radius 3 is 2.84 bits per heavy atom. The number of benzene rings is 1. The van der Waals surface area contributed by atoms with Gasteiger partial charge in [0, 0.05) is 12.3 Å². The van der Waals surface area contributed by atoms with Crippen molar-refractivity contribution in [2.45, 2.75) is 18.8 Å². The maximum atomic E-state index is 9.70. The summed E-state index contributed by atoms with van der Waals surface area (Å²) in [5.74, 6) is 2.34. The molecule has 4 heteroatoms. The zero-order chi connectivity index (χ0) is 13.1. The van der Waals surface area contributed by atoms with Crippen molar-refractivity contribution in [2.75, 3.05) is 32.9 Å². The van der Waals surface area contributed by atoms with E-state index >= 15 is 0 Å². The van der Waals surface area contributed by atoms with Gasteiger partial charge in [0.25, 0.3) is 0 Å². The molecule has 0 amide bonds. The average molecular weight is 263 g/mol. The van der Waals surface area contributed by atoms with Gasteiger partial charge in [-0.15, -0.1) is 0 Å². The number of rotatable bonds is 3. The Balaban J connectivity index is 1.85. The third-order valence-corrected chi connectivity index (χ3v) is 4.06. The Hall–Kier alpha value is -1.26. The molecule has 2 aliphatic rings. The summed E-state index contributed by atoms with van der Waals surface area (Å²) in [6, 6.07) is 6.08. The van der Waals surface area contributed by atoms with Gasteiger partial charge in [-0.1, -0.05) is 6.07 Å². The summed E-state index contributed by atoms with van der Waals surface area (Å²) in [6.07, 6.45) is 2.04. The predicted octanol–water partition coefficient (Wildman–Crippen LogP) is 1.53. The Morgan fingerprint density at radius 2 is 2.11 bits per heavy atom. The van der Waals surface area contributed by atoms with Gasteiger partial charge in [-0.2, -0.15) is 0 Å². The summed E-state index contributed by atoms with van der Waals surface area (Å²) in [5.41, 5.74) is 1.15. The summed E-state index contributed by atoms with van der Waals surface area (Å²) in [5, 5.41) is 13.1. The largest absolute Gasteiger partial charge is 0.490 e. The topological polar surface area (TPSA) is 50.7 Å². The molecule has 2 N–H and O–H groups in total. The first-order valence-electron chi connectivity index (χ1n) is 7.09. The van der Waals surface area contributed by atoms with E-state index in [9.17, 15) is 5.11 Å². The molecule has 19 heavy (non-hydrogen) atoms. The van der Waals surface area contributed by atoms with Crippen LogP contribution in [0.2, 0.25) is 0 Å². The lowest BCUT2D eigenvalue weighted by Gasteiger charge is -2.22. The summed E-state index contributed by atoms with van der Waals surface area (Å²) in [7, 11) is 0.